The van der Waals surface area contributed by atoms with Gasteiger partial charge in [0.25, 0.3) is 0 Å². The van der Waals surface area contributed by atoms with Crippen molar-refractivity contribution in [1.82, 2.24) is 0 Å². The van der Waals surface area contributed by atoms with Crippen molar-refractivity contribution >= 4 is 0 Å². The number of hydrogen-bond donors (Lipinski definition) is 3. The normalized spacial score (nSPS) is 56.6. The number of hydrogen-bond acceptors (Lipinski definition) is 3. The summed E-state index contributed by atoms with van der Waals surface area (Å²) < 4.78 is 0. The quantitative estimate of drug-likeness (QED) is 0.714. The fourth-order valence-electron chi connectivity index (χ4n) is 8.40. The molecule has 0 aromatic heterocycles. The van der Waals surface area contributed by atoms with E-state index >= 15 is 0 Å². The topological polar surface area (TPSA) is 66.5 Å². The number of aliphatic hydroxyl groups is 2. The van der Waals surface area contributed by atoms with Gasteiger partial charge < -0.3 is 15.9 Å². The summed E-state index contributed by atoms with van der Waals surface area (Å²) in [5.41, 5.74) is 7.60. The van der Waals surface area contributed by atoms with Gasteiger partial charge in [0.2, 0.25) is 0 Å². The van der Waals surface area contributed by atoms with Gasteiger partial charge in [0.05, 0.1) is 6.10 Å². The van der Waals surface area contributed by atoms with Gasteiger partial charge in [0, 0.05) is 12.6 Å². The van der Waals surface area contributed by atoms with E-state index in [1.165, 1.54) is 32.1 Å². The molecule has 0 unspecified atom stereocenters. The second kappa shape index (κ2) is 6.21. The fourth-order valence-corrected chi connectivity index (χ4v) is 8.40. The van der Waals surface area contributed by atoms with Gasteiger partial charge in [-0.25, -0.2) is 0 Å². The predicted octanol–water partition coefficient (Wildman–Crippen LogP) is 3.57. The first-order chi connectivity index (χ1) is 11.8. The van der Waals surface area contributed by atoms with E-state index in [1.807, 2.05) is 0 Å². The van der Waals surface area contributed by atoms with E-state index < -0.39 is 0 Å². The highest BCUT2D eigenvalue weighted by Gasteiger charge is 2.62. The largest absolute Gasteiger partial charge is 0.396 e. The summed E-state index contributed by atoms with van der Waals surface area (Å²) in [5, 5.41) is 20.0. The molecule has 0 heterocycles. The zero-order chi connectivity index (χ0) is 18.0. The Morgan fingerprint density at radius 3 is 2.40 bits per heavy atom. The molecule has 3 nitrogen and oxygen atoms in total. The van der Waals surface area contributed by atoms with Gasteiger partial charge in [0.15, 0.2) is 0 Å². The molecule has 4 aliphatic carbocycles. The predicted molar refractivity (Wildman–Crippen MR) is 101 cm³/mol. The first-order valence-corrected chi connectivity index (χ1v) is 10.9. The zero-order valence-corrected chi connectivity index (χ0v) is 16.5. The Labute approximate surface area is 153 Å². The first-order valence-electron chi connectivity index (χ1n) is 10.9. The summed E-state index contributed by atoms with van der Waals surface area (Å²) in [6.07, 6.45) is 9.36. The van der Waals surface area contributed by atoms with Gasteiger partial charge in [-0.05, 0) is 97.7 Å². The Bertz CT molecular complexity index is 510. The van der Waals surface area contributed by atoms with Crippen LogP contribution in [0.1, 0.15) is 72.1 Å². The van der Waals surface area contributed by atoms with Crippen LogP contribution in [-0.2, 0) is 0 Å². The summed E-state index contributed by atoms with van der Waals surface area (Å²) in [5.74, 6) is 3.84. The molecular formula is C22H39NO2. The fraction of sp³-hybridized carbons (Fsp3) is 1.00. The minimum Gasteiger partial charge on any atom is -0.396 e. The summed E-state index contributed by atoms with van der Waals surface area (Å²) in [7, 11) is 0. The highest BCUT2D eigenvalue weighted by Crippen LogP contribution is 2.67. The molecule has 0 aromatic carbocycles. The van der Waals surface area contributed by atoms with E-state index in [2.05, 4.69) is 20.8 Å². The van der Waals surface area contributed by atoms with Crippen molar-refractivity contribution in [1.29, 1.82) is 0 Å². The molecule has 25 heavy (non-hydrogen) atoms. The van der Waals surface area contributed by atoms with Crippen LogP contribution in [0.15, 0.2) is 0 Å². The van der Waals surface area contributed by atoms with E-state index in [4.69, 9.17) is 5.73 Å². The lowest BCUT2D eigenvalue weighted by molar-refractivity contribution is -0.137. The molecule has 10 atom stereocenters. The third kappa shape index (κ3) is 2.56. The molecule has 0 amide bonds. The molecule has 4 aliphatic rings. The van der Waals surface area contributed by atoms with Crippen molar-refractivity contribution in [3.8, 4) is 0 Å². The lowest BCUT2D eigenvalue weighted by atomic mass is 9.43. The third-order valence-corrected chi connectivity index (χ3v) is 9.78. The lowest BCUT2D eigenvalue weighted by Crippen LogP contribution is -2.60. The van der Waals surface area contributed by atoms with Gasteiger partial charge in [-0.3, -0.25) is 0 Å². The Kier molecular flexibility index (Phi) is 4.53. The third-order valence-electron chi connectivity index (χ3n) is 9.78. The Hall–Kier alpha value is -0.120. The number of nitrogens with two attached hydrogens (primary N) is 1. The maximum absolute atomic E-state index is 10.2. The second-order valence-electron chi connectivity index (χ2n) is 10.7. The van der Waals surface area contributed by atoms with Crippen LogP contribution in [0, 0.1) is 46.3 Å². The molecule has 4 fully saturated rings. The molecule has 0 aromatic rings. The van der Waals surface area contributed by atoms with Gasteiger partial charge in [-0.2, -0.15) is 0 Å². The van der Waals surface area contributed by atoms with E-state index in [1.54, 1.807) is 0 Å². The van der Waals surface area contributed by atoms with Crippen molar-refractivity contribution < 1.29 is 10.2 Å². The van der Waals surface area contributed by atoms with Crippen molar-refractivity contribution in [3.05, 3.63) is 0 Å². The first kappa shape index (κ1) is 18.3. The van der Waals surface area contributed by atoms with Crippen LogP contribution in [0.25, 0.3) is 0 Å². The maximum Gasteiger partial charge on any atom is 0.0543 e. The monoisotopic (exact) mass is 349 g/mol. The molecule has 0 saturated heterocycles. The smallest absolute Gasteiger partial charge is 0.0543 e. The number of rotatable bonds is 2. The van der Waals surface area contributed by atoms with Crippen molar-refractivity contribution in [3.63, 3.8) is 0 Å². The summed E-state index contributed by atoms with van der Waals surface area (Å²) in [4.78, 5) is 0. The lowest BCUT2D eigenvalue weighted by Gasteiger charge is -2.62. The van der Waals surface area contributed by atoms with Gasteiger partial charge >= 0.3 is 0 Å². The summed E-state index contributed by atoms with van der Waals surface area (Å²) in [6, 6.07) is 0.307. The van der Waals surface area contributed by atoms with Crippen molar-refractivity contribution in [2.24, 2.45) is 52.1 Å². The van der Waals surface area contributed by atoms with E-state index in [0.29, 0.717) is 47.2 Å². The van der Waals surface area contributed by atoms with E-state index in [0.717, 1.165) is 31.1 Å². The van der Waals surface area contributed by atoms with Gasteiger partial charge in [-0.15, -0.1) is 0 Å². The van der Waals surface area contributed by atoms with Crippen molar-refractivity contribution in [2.45, 2.75) is 84.3 Å². The maximum atomic E-state index is 10.2. The highest BCUT2D eigenvalue weighted by atomic mass is 16.3. The summed E-state index contributed by atoms with van der Waals surface area (Å²) in [6.45, 7) is 7.61. The molecule has 3 heteroatoms. The Balaban J connectivity index is 1.63. The van der Waals surface area contributed by atoms with Gasteiger partial charge in [0.1, 0.15) is 0 Å². The molecule has 144 valence electrons. The molecule has 4 saturated carbocycles. The van der Waals surface area contributed by atoms with Crippen LogP contribution < -0.4 is 5.73 Å². The van der Waals surface area contributed by atoms with Crippen LogP contribution >= 0.6 is 0 Å². The van der Waals surface area contributed by atoms with E-state index in [9.17, 15) is 10.2 Å². The molecule has 4 N–H and O–H groups in total. The number of fused-ring (bicyclic) bond motifs is 5. The minimum atomic E-state index is -0.100. The average molecular weight is 350 g/mol. The molecule has 4 rings (SSSR count). The zero-order valence-electron chi connectivity index (χ0n) is 16.5. The van der Waals surface area contributed by atoms with Crippen molar-refractivity contribution in [2.75, 3.05) is 6.61 Å². The SMILES string of the molecule is C[C@H](CO)[C@H]1CC[C@H]2[C@@H]3[C@H](N)C[C@H]4C[C@H](O)CC[C@]4(C)[C@H]3CC[C@]12C. The van der Waals surface area contributed by atoms with Crippen LogP contribution in [0.2, 0.25) is 0 Å². The molecule has 0 bridgehead atoms. The van der Waals surface area contributed by atoms with Gasteiger partial charge in [-0.1, -0.05) is 20.8 Å². The average Bonchev–Trinajstić information content (AvgIpc) is 2.93. The highest BCUT2D eigenvalue weighted by molar-refractivity contribution is 5.12. The van der Waals surface area contributed by atoms with Crippen LogP contribution in [0.4, 0.5) is 0 Å². The van der Waals surface area contributed by atoms with Crippen LogP contribution in [-0.4, -0.2) is 29.0 Å². The Morgan fingerprint density at radius 2 is 1.68 bits per heavy atom. The molecule has 0 aliphatic heterocycles. The Morgan fingerprint density at radius 1 is 1.00 bits per heavy atom. The second-order valence-corrected chi connectivity index (χ2v) is 10.7. The van der Waals surface area contributed by atoms with E-state index in [-0.39, 0.29) is 6.10 Å². The number of aliphatic hydroxyl groups excluding tert-OH is 2. The van der Waals surface area contributed by atoms with Crippen LogP contribution in [0.3, 0.4) is 0 Å². The standard InChI is InChI=1S/C22H39NO2/c1-13(12-24)16-4-5-17-20-18(7-9-22(16,17)3)21(2)8-6-15(25)10-14(21)11-19(20)23/h13-20,24-25H,4-12,23H2,1-3H3/t13-,14-,15-,16-,17+,18+,19-,20+,21+,22-/m1/s1. The summed E-state index contributed by atoms with van der Waals surface area (Å²) >= 11 is 0. The molecule has 0 radical (unpaired) electrons. The molecule has 0 spiro atoms. The molecular weight excluding hydrogens is 310 g/mol. The van der Waals surface area contributed by atoms with Crippen LogP contribution in [0.5, 0.6) is 0 Å². The minimum absolute atomic E-state index is 0.100.